The van der Waals surface area contributed by atoms with E-state index in [2.05, 4.69) is 10.0 Å². The van der Waals surface area contributed by atoms with Gasteiger partial charge in [-0.3, -0.25) is 4.79 Å². The number of carbonyl (C=O) groups is 1. The van der Waals surface area contributed by atoms with Gasteiger partial charge in [-0.1, -0.05) is 35.3 Å². The van der Waals surface area contributed by atoms with Crippen LogP contribution in [0, 0.1) is 0 Å². The highest BCUT2D eigenvalue weighted by Crippen LogP contribution is 2.34. The second-order valence-corrected chi connectivity index (χ2v) is 9.16. The monoisotopic (exact) mass is 430 g/mol. The Morgan fingerprint density at radius 2 is 1.88 bits per heavy atom. The van der Waals surface area contributed by atoms with E-state index in [0.29, 0.717) is 15.6 Å². The first-order valence-corrected chi connectivity index (χ1v) is 10.3. The lowest BCUT2D eigenvalue weighted by Crippen LogP contribution is -2.23. The second-order valence-electron chi connectivity index (χ2n) is 5.14. The molecule has 0 saturated carbocycles. The van der Waals surface area contributed by atoms with Gasteiger partial charge in [-0.2, -0.15) is 0 Å². The van der Waals surface area contributed by atoms with Crippen LogP contribution in [0.25, 0.3) is 0 Å². The Labute approximate surface area is 163 Å². The van der Waals surface area contributed by atoms with Crippen molar-refractivity contribution in [3.05, 3.63) is 68.7 Å². The largest absolute Gasteiger partial charge is 0.459 e. The highest BCUT2D eigenvalue weighted by atomic mass is 35.5. The van der Waals surface area contributed by atoms with Crippen LogP contribution in [-0.4, -0.2) is 14.3 Å². The van der Waals surface area contributed by atoms with Crippen LogP contribution in [0.4, 0.5) is 5.69 Å². The van der Waals surface area contributed by atoms with Gasteiger partial charge in [0.05, 0.1) is 10.6 Å². The van der Waals surface area contributed by atoms with Gasteiger partial charge in [0.2, 0.25) is 10.0 Å². The average Bonchev–Trinajstić information content (AvgIpc) is 3.24. The summed E-state index contributed by atoms with van der Waals surface area (Å²) < 4.78 is 32.4. The molecule has 1 aromatic carbocycles. The van der Waals surface area contributed by atoms with Gasteiger partial charge in [-0.15, -0.1) is 11.3 Å². The summed E-state index contributed by atoms with van der Waals surface area (Å²) in [5.41, 5.74) is 1.27. The molecule has 136 valence electrons. The van der Waals surface area contributed by atoms with E-state index in [4.69, 9.17) is 27.6 Å². The van der Waals surface area contributed by atoms with Gasteiger partial charge in [-0.05, 0) is 35.9 Å². The quantitative estimate of drug-likeness (QED) is 0.607. The molecule has 0 atom stereocenters. The predicted octanol–water partition coefficient (Wildman–Crippen LogP) is 4.38. The number of hydrogen-bond donors (Lipinski definition) is 2. The van der Waals surface area contributed by atoms with Crippen LogP contribution in [0.1, 0.15) is 16.1 Å². The van der Waals surface area contributed by atoms with Gasteiger partial charge in [0.25, 0.3) is 5.91 Å². The third kappa shape index (κ3) is 4.46. The fourth-order valence-electron chi connectivity index (χ4n) is 2.07. The SMILES string of the molecule is O=C(Nc1ccc(CNS(=O)(=O)c2cc(Cl)sc2Cl)cc1)c1ccco1. The van der Waals surface area contributed by atoms with Crippen molar-refractivity contribution in [2.45, 2.75) is 11.4 Å². The lowest BCUT2D eigenvalue weighted by atomic mass is 10.2. The Hall–Kier alpha value is -1.84. The molecule has 6 nitrogen and oxygen atoms in total. The molecule has 1 amide bonds. The van der Waals surface area contributed by atoms with Gasteiger partial charge in [0, 0.05) is 12.2 Å². The molecule has 3 rings (SSSR count). The van der Waals surface area contributed by atoms with Crippen molar-refractivity contribution in [3.8, 4) is 0 Å². The van der Waals surface area contributed by atoms with Crippen LogP contribution in [0.5, 0.6) is 0 Å². The molecule has 0 bridgehead atoms. The first-order valence-electron chi connectivity index (χ1n) is 7.23. The maximum atomic E-state index is 12.3. The molecule has 3 aromatic rings. The highest BCUT2D eigenvalue weighted by molar-refractivity contribution is 7.89. The highest BCUT2D eigenvalue weighted by Gasteiger charge is 2.20. The zero-order valence-electron chi connectivity index (χ0n) is 13.0. The fraction of sp³-hybridized carbons (Fsp3) is 0.0625. The van der Waals surface area contributed by atoms with E-state index in [1.54, 1.807) is 36.4 Å². The molecule has 0 fully saturated rings. The zero-order chi connectivity index (χ0) is 18.7. The Morgan fingerprint density at radius 1 is 1.15 bits per heavy atom. The van der Waals surface area contributed by atoms with E-state index >= 15 is 0 Å². The number of anilines is 1. The molecule has 2 aromatic heterocycles. The minimum Gasteiger partial charge on any atom is -0.459 e. The number of carbonyl (C=O) groups excluding carboxylic acids is 1. The Kier molecular flexibility index (Phi) is 5.69. The van der Waals surface area contributed by atoms with Crippen LogP contribution < -0.4 is 10.0 Å². The number of halogens is 2. The van der Waals surface area contributed by atoms with Crippen LogP contribution in [0.2, 0.25) is 8.67 Å². The molecule has 0 radical (unpaired) electrons. The summed E-state index contributed by atoms with van der Waals surface area (Å²) in [5.74, 6) is -0.166. The summed E-state index contributed by atoms with van der Waals surface area (Å²) in [6.07, 6.45) is 1.41. The van der Waals surface area contributed by atoms with Crippen LogP contribution in [0.15, 0.2) is 58.0 Å². The fourth-order valence-corrected chi connectivity index (χ4v) is 5.24. The number of hydrogen-bond acceptors (Lipinski definition) is 5. The van der Waals surface area contributed by atoms with E-state index in [9.17, 15) is 13.2 Å². The van der Waals surface area contributed by atoms with Gasteiger partial charge in [-0.25, -0.2) is 13.1 Å². The van der Waals surface area contributed by atoms with Crippen molar-refractivity contribution >= 4 is 56.2 Å². The smallest absolute Gasteiger partial charge is 0.291 e. The zero-order valence-corrected chi connectivity index (χ0v) is 16.2. The maximum Gasteiger partial charge on any atom is 0.291 e. The number of thiophene rings is 1. The van der Waals surface area contributed by atoms with Gasteiger partial charge < -0.3 is 9.73 Å². The normalized spacial score (nSPS) is 11.5. The van der Waals surface area contributed by atoms with E-state index < -0.39 is 10.0 Å². The summed E-state index contributed by atoms with van der Waals surface area (Å²) >= 11 is 12.7. The molecule has 0 aliphatic rings. The molecule has 0 unspecified atom stereocenters. The summed E-state index contributed by atoms with van der Waals surface area (Å²) in [5, 5.41) is 2.68. The van der Waals surface area contributed by atoms with Crippen molar-refractivity contribution in [1.29, 1.82) is 0 Å². The van der Waals surface area contributed by atoms with E-state index in [-0.39, 0.29) is 27.4 Å². The average molecular weight is 431 g/mol. The lowest BCUT2D eigenvalue weighted by molar-refractivity contribution is 0.0996. The molecular formula is C16H12Cl2N2O4S2. The molecule has 0 aliphatic heterocycles. The molecule has 2 N–H and O–H groups in total. The Bertz CT molecular complexity index is 1010. The third-order valence-electron chi connectivity index (χ3n) is 3.34. The number of nitrogens with one attached hydrogen (secondary N) is 2. The van der Waals surface area contributed by atoms with Gasteiger partial charge in [0.1, 0.15) is 9.23 Å². The number of sulfonamides is 1. The number of rotatable bonds is 6. The predicted molar refractivity (Wildman–Crippen MR) is 101 cm³/mol. The summed E-state index contributed by atoms with van der Waals surface area (Å²) in [6.45, 7) is 0.0680. The van der Waals surface area contributed by atoms with Crippen molar-refractivity contribution < 1.29 is 17.6 Å². The summed E-state index contributed by atoms with van der Waals surface area (Å²) in [7, 11) is -3.77. The summed E-state index contributed by atoms with van der Waals surface area (Å²) in [4.78, 5) is 11.8. The molecule has 0 aliphatic carbocycles. The molecule has 10 heteroatoms. The van der Waals surface area contributed by atoms with E-state index in [1.807, 2.05) is 0 Å². The summed E-state index contributed by atoms with van der Waals surface area (Å²) in [6, 6.07) is 11.2. The molecular weight excluding hydrogens is 419 g/mol. The molecule has 0 saturated heterocycles. The van der Waals surface area contributed by atoms with Crippen LogP contribution in [-0.2, 0) is 16.6 Å². The molecule has 0 spiro atoms. The number of amides is 1. The minimum absolute atomic E-state index is 0.0449. The maximum absolute atomic E-state index is 12.3. The standard InChI is InChI=1S/C16H12Cl2N2O4S2/c17-14-8-13(15(18)25-14)26(22,23)19-9-10-3-5-11(6-4-10)20-16(21)12-2-1-7-24-12/h1-8,19H,9H2,(H,20,21). The van der Waals surface area contributed by atoms with E-state index in [1.165, 1.54) is 12.3 Å². The van der Waals surface area contributed by atoms with Gasteiger partial charge >= 0.3 is 0 Å². The lowest BCUT2D eigenvalue weighted by Gasteiger charge is -2.07. The van der Waals surface area contributed by atoms with Crippen LogP contribution >= 0.6 is 34.5 Å². The first-order chi connectivity index (χ1) is 12.3. The van der Waals surface area contributed by atoms with Crippen molar-refractivity contribution in [2.75, 3.05) is 5.32 Å². The van der Waals surface area contributed by atoms with Crippen LogP contribution in [0.3, 0.4) is 0 Å². The molecule has 26 heavy (non-hydrogen) atoms. The topological polar surface area (TPSA) is 88.4 Å². The van der Waals surface area contributed by atoms with Crippen molar-refractivity contribution in [3.63, 3.8) is 0 Å². The van der Waals surface area contributed by atoms with E-state index in [0.717, 1.165) is 11.3 Å². The molecule has 2 heterocycles. The second kappa shape index (κ2) is 7.81. The number of benzene rings is 1. The third-order valence-corrected chi connectivity index (χ3v) is 6.49. The first kappa shape index (κ1) is 18.9. The Balaban J connectivity index is 1.62. The Morgan fingerprint density at radius 3 is 2.46 bits per heavy atom. The minimum atomic E-state index is -3.77. The van der Waals surface area contributed by atoms with Crippen molar-refractivity contribution in [1.82, 2.24) is 4.72 Å². The number of furan rings is 1. The van der Waals surface area contributed by atoms with Crippen molar-refractivity contribution in [2.24, 2.45) is 0 Å². The van der Waals surface area contributed by atoms with Gasteiger partial charge in [0.15, 0.2) is 5.76 Å².